The van der Waals surface area contributed by atoms with Gasteiger partial charge in [0.1, 0.15) is 20.3 Å². The number of aliphatic imine (C=N–C) groups is 1. The third-order valence-electron chi connectivity index (χ3n) is 6.74. The second-order valence-corrected chi connectivity index (χ2v) is 11.7. The third kappa shape index (κ3) is 9.00. The first-order chi connectivity index (χ1) is 21.5. The van der Waals surface area contributed by atoms with Gasteiger partial charge in [-0.25, -0.2) is 4.99 Å². The van der Waals surface area contributed by atoms with E-state index in [9.17, 15) is 28.0 Å². The molecule has 0 aliphatic heterocycles. The van der Waals surface area contributed by atoms with Crippen LogP contribution in [-0.2, 0) is 8.58 Å². The van der Waals surface area contributed by atoms with Crippen LogP contribution in [-0.4, -0.2) is 11.6 Å². The quantitative estimate of drug-likeness (QED) is 0.115. The van der Waals surface area contributed by atoms with Crippen molar-refractivity contribution in [2.75, 3.05) is 16.0 Å². The summed E-state index contributed by atoms with van der Waals surface area (Å²) < 4.78 is 81.7. The summed E-state index contributed by atoms with van der Waals surface area (Å²) in [4.78, 5) is 4.81. The molecule has 1 saturated carbocycles. The molecule has 1 fully saturated rings. The Balaban J connectivity index is 1.69. The summed E-state index contributed by atoms with van der Waals surface area (Å²) in [6, 6.07) is 33.7. The molecule has 3 N–H and O–H groups in total. The minimum Gasteiger partial charge on any atom is -0.362 e. The zero-order valence-corrected chi connectivity index (χ0v) is 25.0. The van der Waals surface area contributed by atoms with Gasteiger partial charge >= 0.3 is 5.79 Å². The van der Waals surface area contributed by atoms with Crippen LogP contribution >= 0.6 is 0 Å². The van der Waals surface area contributed by atoms with E-state index in [1.165, 1.54) is 6.20 Å². The summed E-state index contributed by atoms with van der Waals surface area (Å²) in [5.41, 5.74) is 3.09. The average Bonchev–Trinajstić information content (AvgIpc) is 3.32. The SMILES string of the molecule is [O-][Cl+3]([O-])([O-])OC1(O[Cl+3]([O-])([O-])[O-])CC/C(=C\Nc2ccccc2)C1C(=Nc1ccccc1Nc1ccccc1)Nc1ccccc1. The van der Waals surface area contributed by atoms with Gasteiger partial charge in [0, 0.05) is 29.7 Å². The lowest BCUT2D eigenvalue weighted by Crippen LogP contribution is -2.71. The van der Waals surface area contributed by atoms with Crippen molar-refractivity contribution in [2.24, 2.45) is 10.9 Å². The van der Waals surface area contributed by atoms with Gasteiger partial charge in [0.05, 0.1) is 31.9 Å². The molecule has 1 aliphatic rings. The molecule has 4 aromatic carbocycles. The van der Waals surface area contributed by atoms with E-state index in [1.54, 1.807) is 78.9 Å². The largest absolute Gasteiger partial charge is 0.481 e. The number of halogens is 2. The average molecular weight is 655 g/mol. The molecule has 12 nitrogen and oxygen atoms in total. The van der Waals surface area contributed by atoms with Gasteiger partial charge in [-0.2, -0.15) is 28.0 Å². The third-order valence-corrected chi connectivity index (χ3v) is 7.64. The van der Waals surface area contributed by atoms with Crippen LogP contribution < -0.4 is 43.9 Å². The molecule has 1 aliphatic carbocycles. The molecule has 1 unspecified atom stereocenters. The summed E-state index contributed by atoms with van der Waals surface area (Å²) in [7, 11) is -10.6. The fourth-order valence-corrected chi connectivity index (χ4v) is 6.02. The van der Waals surface area contributed by atoms with Crippen molar-refractivity contribution in [3.05, 3.63) is 127 Å². The molecule has 14 heteroatoms. The number of nitrogens with zero attached hydrogens (tertiary/aromatic N) is 1. The van der Waals surface area contributed by atoms with Crippen LogP contribution in [0.5, 0.6) is 0 Å². The lowest BCUT2D eigenvalue weighted by atomic mass is 9.96. The molecule has 45 heavy (non-hydrogen) atoms. The lowest BCUT2D eigenvalue weighted by molar-refractivity contribution is -1.94. The summed E-state index contributed by atoms with van der Waals surface area (Å²) in [5.74, 6) is -4.40. The van der Waals surface area contributed by atoms with E-state index in [2.05, 4.69) is 16.0 Å². The number of amidine groups is 1. The molecule has 0 aromatic heterocycles. The highest BCUT2D eigenvalue weighted by Crippen LogP contribution is 2.47. The smallest absolute Gasteiger partial charge is 0.362 e. The van der Waals surface area contributed by atoms with Crippen LogP contribution in [0.3, 0.4) is 0 Å². The summed E-state index contributed by atoms with van der Waals surface area (Å²) in [5, 5.41) is 9.46. The fourth-order valence-electron chi connectivity index (χ4n) is 4.96. The second kappa shape index (κ2) is 13.9. The molecule has 0 spiro atoms. The molecular formula is C31H28Cl2N4O8. The summed E-state index contributed by atoms with van der Waals surface area (Å²) in [6.45, 7) is 0. The maximum Gasteiger partial charge on any atom is 0.481 e. The van der Waals surface area contributed by atoms with E-state index in [1.807, 2.05) is 36.4 Å². The normalized spacial score (nSPS) is 17.7. The zero-order chi connectivity index (χ0) is 31.9. The first-order valence-electron chi connectivity index (χ1n) is 13.5. The number of nitrogens with one attached hydrogen (secondary N) is 3. The molecule has 234 valence electrons. The number of anilines is 4. The first-order valence-corrected chi connectivity index (χ1v) is 16.0. The Hall–Kier alpha value is -4.05. The Morgan fingerprint density at radius 1 is 0.689 bits per heavy atom. The number of benzene rings is 4. The summed E-state index contributed by atoms with van der Waals surface area (Å²) in [6.07, 6.45) is 0.968. The molecule has 1 atom stereocenters. The number of hydrogen-bond donors (Lipinski definition) is 3. The predicted octanol–water partition coefficient (Wildman–Crippen LogP) is 0.502. The van der Waals surface area contributed by atoms with Crippen molar-refractivity contribution in [1.29, 1.82) is 0 Å². The van der Waals surface area contributed by atoms with E-state index in [4.69, 9.17) is 13.6 Å². The van der Waals surface area contributed by atoms with Gasteiger partial charge in [0.15, 0.2) is 0 Å². The predicted molar refractivity (Wildman–Crippen MR) is 149 cm³/mol. The maximum absolute atomic E-state index is 12.0. The zero-order valence-electron chi connectivity index (χ0n) is 23.5. The summed E-state index contributed by atoms with van der Waals surface area (Å²) >= 11 is 0. The highest BCUT2D eigenvalue weighted by molar-refractivity contribution is 6.02. The van der Waals surface area contributed by atoms with Gasteiger partial charge in [-0.05, 0) is 60.5 Å². The van der Waals surface area contributed by atoms with E-state index in [0.29, 0.717) is 28.3 Å². The number of hydrogen-bond acceptors (Lipinski definition) is 11. The fraction of sp³-hybridized carbons (Fsp3) is 0.129. The van der Waals surface area contributed by atoms with Crippen molar-refractivity contribution in [3.8, 4) is 0 Å². The topological polar surface area (TPSA) is 205 Å². The van der Waals surface area contributed by atoms with Gasteiger partial charge in [0.2, 0.25) is 0 Å². The van der Waals surface area contributed by atoms with Gasteiger partial charge in [0.25, 0.3) is 0 Å². The van der Waals surface area contributed by atoms with Crippen LogP contribution in [0, 0.1) is 26.4 Å². The van der Waals surface area contributed by atoms with E-state index >= 15 is 0 Å². The Morgan fingerprint density at radius 2 is 1.20 bits per heavy atom. The van der Waals surface area contributed by atoms with Crippen LogP contribution in [0.2, 0.25) is 0 Å². The van der Waals surface area contributed by atoms with Gasteiger partial charge in [-0.3, -0.25) is 0 Å². The van der Waals surface area contributed by atoms with E-state index in [-0.39, 0.29) is 12.3 Å². The number of rotatable bonds is 11. The van der Waals surface area contributed by atoms with Crippen molar-refractivity contribution in [2.45, 2.75) is 18.6 Å². The van der Waals surface area contributed by atoms with Crippen molar-refractivity contribution in [1.82, 2.24) is 0 Å². The van der Waals surface area contributed by atoms with Crippen molar-refractivity contribution in [3.63, 3.8) is 0 Å². The van der Waals surface area contributed by atoms with Crippen LogP contribution in [0.25, 0.3) is 0 Å². The van der Waals surface area contributed by atoms with Gasteiger partial charge < -0.3 is 16.0 Å². The van der Waals surface area contributed by atoms with Crippen LogP contribution in [0.15, 0.2) is 132 Å². The monoisotopic (exact) mass is 654 g/mol. The Morgan fingerprint density at radius 3 is 1.78 bits per heavy atom. The molecule has 0 bridgehead atoms. The number of para-hydroxylation sites is 5. The highest BCUT2D eigenvalue weighted by atomic mass is 35.7. The Labute approximate surface area is 263 Å². The van der Waals surface area contributed by atoms with Gasteiger partial charge in [-0.15, -0.1) is 0 Å². The van der Waals surface area contributed by atoms with Crippen molar-refractivity contribution >= 4 is 34.3 Å². The highest BCUT2D eigenvalue weighted by Gasteiger charge is 2.71. The van der Waals surface area contributed by atoms with E-state index < -0.39 is 38.6 Å². The molecule has 5 rings (SSSR count). The Kier molecular flexibility index (Phi) is 10.0. The first kappa shape index (κ1) is 32.3. The molecular weight excluding hydrogens is 627 g/mol. The molecule has 4 aromatic rings. The minimum absolute atomic E-state index is 0.0417. The molecule has 0 saturated heterocycles. The molecule has 0 radical (unpaired) electrons. The van der Waals surface area contributed by atoms with E-state index in [0.717, 1.165) is 5.69 Å². The molecule has 0 amide bonds. The van der Waals surface area contributed by atoms with Crippen LogP contribution in [0.4, 0.5) is 28.4 Å². The minimum atomic E-state index is -5.29. The van der Waals surface area contributed by atoms with Crippen LogP contribution in [0.1, 0.15) is 12.8 Å². The lowest BCUT2D eigenvalue weighted by Gasteiger charge is -2.29. The van der Waals surface area contributed by atoms with Crippen molar-refractivity contribution < 1.29 is 57.0 Å². The second-order valence-electron chi connectivity index (χ2n) is 9.88. The van der Waals surface area contributed by atoms with Gasteiger partial charge in [-0.1, -0.05) is 66.7 Å². The standard InChI is InChI=1S/C31H28Cl2N4O8/c38-32(39,40)44-31(45-33(41,42)43)21-20-23(22-34-24-12-4-1-5-13-24)29(31)30(36-26-16-8-3-9-17-26)37-28-19-11-10-18-27(28)35-25-14-6-2-7-15-25/h1-19,22,29,34-35H,20-21H2,(H,36,37)/b23-22+. The molecule has 0 heterocycles. The Bertz CT molecular complexity index is 1600. The maximum atomic E-state index is 12.0.